The van der Waals surface area contributed by atoms with Crippen LogP contribution in [0.25, 0.3) is 0 Å². The summed E-state index contributed by atoms with van der Waals surface area (Å²) in [6, 6.07) is 0. The fourth-order valence-electron chi connectivity index (χ4n) is 1.14. The summed E-state index contributed by atoms with van der Waals surface area (Å²) in [5.41, 5.74) is -0.625. The second-order valence-corrected chi connectivity index (χ2v) is 3.57. The molecule has 1 amide bonds. The van der Waals surface area contributed by atoms with Crippen LogP contribution in [0.2, 0.25) is 0 Å². The van der Waals surface area contributed by atoms with E-state index in [0.29, 0.717) is 5.82 Å². The van der Waals surface area contributed by atoms with Crippen LogP contribution in [0.1, 0.15) is 26.6 Å². The molecule has 0 saturated carbocycles. The Morgan fingerprint density at radius 3 is 2.36 bits per heavy atom. The first-order valence-electron chi connectivity index (χ1n) is 4.22. The van der Waals surface area contributed by atoms with Crippen LogP contribution in [-0.2, 0) is 10.3 Å². The summed E-state index contributed by atoms with van der Waals surface area (Å²) in [7, 11) is 0. The highest BCUT2D eigenvalue weighted by molar-refractivity contribution is 5.73. The molecule has 5 nitrogen and oxygen atoms in total. The minimum atomic E-state index is -0.625. The van der Waals surface area contributed by atoms with Crippen molar-refractivity contribution in [2.45, 2.75) is 26.3 Å². The van der Waals surface area contributed by atoms with Crippen molar-refractivity contribution in [2.75, 3.05) is 0 Å². The van der Waals surface area contributed by atoms with Crippen molar-refractivity contribution in [3.8, 4) is 5.75 Å². The number of aromatic nitrogens is 2. The molecule has 1 rings (SSSR count). The molecule has 0 fully saturated rings. The van der Waals surface area contributed by atoms with Gasteiger partial charge in [0.05, 0.1) is 17.9 Å². The molecule has 0 saturated heterocycles. The molecule has 0 aliphatic rings. The van der Waals surface area contributed by atoms with Crippen molar-refractivity contribution in [3.63, 3.8) is 0 Å². The molecule has 0 bridgehead atoms. The van der Waals surface area contributed by atoms with Crippen LogP contribution < -0.4 is 5.32 Å². The third-order valence-electron chi connectivity index (χ3n) is 1.69. The quantitative estimate of drug-likeness (QED) is 0.722. The highest BCUT2D eigenvalue weighted by atomic mass is 16.3. The average Bonchev–Trinajstić information content (AvgIpc) is 2.02. The van der Waals surface area contributed by atoms with Gasteiger partial charge in [-0.3, -0.25) is 4.79 Å². The van der Waals surface area contributed by atoms with E-state index in [2.05, 4.69) is 15.3 Å². The maximum absolute atomic E-state index is 10.9. The number of carbonyl (C=O) groups is 1. The van der Waals surface area contributed by atoms with Crippen LogP contribution in [0.5, 0.6) is 5.75 Å². The van der Waals surface area contributed by atoms with Gasteiger partial charge in [0.2, 0.25) is 5.91 Å². The molecular formula is C9H13N3O2. The summed E-state index contributed by atoms with van der Waals surface area (Å²) in [5.74, 6) is 0.324. The first-order valence-corrected chi connectivity index (χ1v) is 4.22. The van der Waals surface area contributed by atoms with E-state index < -0.39 is 5.54 Å². The Kier molecular flexibility index (Phi) is 2.69. The average molecular weight is 195 g/mol. The fourth-order valence-corrected chi connectivity index (χ4v) is 1.14. The van der Waals surface area contributed by atoms with E-state index >= 15 is 0 Å². The van der Waals surface area contributed by atoms with Gasteiger partial charge in [0.1, 0.15) is 0 Å². The molecule has 0 aromatic carbocycles. The van der Waals surface area contributed by atoms with Gasteiger partial charge in [-0.25, -0.2) is 9.97 Å². The van der Waals surface area contributed by atoms with Gasteiger partial charge < -0.3 is 10.4 Å². The maximum atomic E-state index is 10.9. The number of aromatic hydroxyl groups is 1. The Balaban J connectivity index is 2.91. The van der Waals surface area contributed by atoms with Gasteiger partial charge in [-0.1, -0.05) is 0 Å². The molecule has 0 atom stereocenters. The summed E-state index contributed by atoms with van der Waals surface area (Å²) < 4.78 is 0. The number of hydrogen-bond acceptors (Lipinski definition) is 4. The Hall–Kier alpha value is -1.65. The highest BCUT2D eigenvalue weighted by Crippen LogP contribution is 2.16. The minimum absolute atomic E-state index is 0.00683. The van der Waals surface area contributed by atoms with Gasteiger partial charge in [0.15, 0.2) is 11.6 Å². The predicted octanol–water partition coefficient (Wildman–Crippen LogP) is 0.553. The molecular weight excluding hydrogens is 182 g/mol. The van der Waals surface area contributed by atoms with Crippen LogP contribution in [0, 0.1) is 0 Å². The van der Waals surface area contributed by atoms with E-state index in [0.717, 1.165) is 0 Å². The molecule has 1 aromatic heterocycles. The molecule has 0 spiro atoms. The zero-order valence-electron chi connectivity index (χ0n) is 8.40. The number of carbonyl (C=O) groups excluding carboxylic acids is 1. The van der Waals surface area contributed by atoms with Crippen LogP contribution in [0.3, 0.4) is 0 Å². The summed E-state index contributed by atoms with van der Waals surface area (Å²) in [5, 5.41) is 11.7. The van der Waals surface area contributed by atoms with Gasteiger partial charge in [-0.2, -0.15) is 0 Å². The first kappa shape index (κ1) is 10.4. The number of amides is 1. The van der Waals surface area contributed by atoms with Crippen molar-refractivity contribution in [2.24, 2.45) is 0 Å². The van der Waals surface area contributed by atoms with Gasteiger partial charge in [-0.05, 0) is 13.8 Å². The van der Waals surface area contributed by atoms with Crippen LogP contribution >= 0.6 is 0 Å². The standard InChI is InChI=1S/C9H13N3O2/c1-6(13)12-9(2,3)8-10-4-7(14)5-11-8/h4-5,14H,1-3H3,(H,12,13). The van der Waals surface area contributed by atoms with Crippen LogP contribution in [0.15, 0.2) is 12.4 Å². The number of rotatable bonds is 2. The molecule has 76 valence electrons. The molecule has 5 heteroatoms. The van der Waals surface area contributed by atoms with E-state index in [4.69, 9.17) is 5.11 Å². The summed E-state index contributed by atoms with van der Waals surface area (Å²) in [6.45, 7) is 5.02. The Morgan fingerprint density at radius 2 is 1.93 bits per heavy atom. The number of nitrogens with zero attached hydrogens (tertiary/aromatic N) is 2. The summed E-state index contributed by atoms with van der Waals surface area (Å²) in [4.78, 5) is 18.7. The van der Waals surface area contributed by atoms with Gasteiger partial charge >= 0.3 is 0 Å². The smallest absolute Gasteiger partial charge is 0.217 e. The normalized spacial score (nSPS) is 11.1. The molecule has 0 radical (unpaired) electrons. The van der Waals surface area contributed by atoms with Crippen molar-refractivity contribution in [1.82, 2.24) is 15.3 Å². The molecule has 0 aliphatic carbocycles. The lowest BCUT2D eigenvalue weighted by Gasteiger charge is -2.23. The predicted molar refractivity (Wildman–Crippen MR) is 50.5 cm³/mol. The Morgan fingerprint density at radius 1 is 1.43 bits per heavy atom. The number of nitrogens with one attached hydrogen (secondary N) is 1. The first-order chi connectivity index (χ1) is 6.42. The van der Waals surface area contributed by atoms with Crippen LogP contribution in [0.4, 0.5) is 0 Å². The van der Waals surface area contributed by atoms with E-state index in [9.17, 15) is 4.79 Å². The third-order valence-corrected chi connectivity index (χ3v) is 1.69. The molecule has 14 heavy (non-hydrogen) atoms. The summed E-state index contributed by atoms with van der Waals surface area (Å²) >= 11 is 0. The van der Waals surface area contributed by atoms with Crippen molar-refractivity contribution in [3.05, 3.63) is 18.2 Å². The van der Waals surface area contributed by atoms with E-state index in [-0.39, 0.29) is 11.7 Å². The number of hydrogen-bond donors (Lipinski definition) is 2. The third kappa shape index (κ3) is 2.42. The molecule has 2 N–H and O–H groups in total. The van der Waals surface area contributed by atoms with Crippen LogP contribution in [-0.4, -0.2) is 21.0 Å². The molecule has 0 aliphatic heterocycles. The van der Waals surface area contributed by atoms with Crippen molar-refractivity contribution in [1.29, 1.82) is 0 Å². The fraction of sp³-hybridized carbons (Fsp3) is 0.444. The zero-order chi connectivity index (χ0) is 10.8. The largest absolute Gasteiger partial charge is 0.505 e. The van der Waals surface area contributed by atoms with E-state index in [1.807, 2.05) is 0 Å². The SMILES string of the molecule is CC(=O)NC(C)(C)c1ncc(O)cn1. The van der Waals surface area contributed by atoms with Crippen molar-refractivity contribution < 1.29 is 9.90 Å². The molecule has 1 heterocycles. The topological polar surface area (TPSA) is 75.1 Å². The monoisotopic (exact) mass is 195 g/mol. The van der Waals surface area contributed by atoms with E-state index in [1.54, 1.807) is 13.8 Å². The Bertz CT molecular complexity index is 332. The van der Waals surface area contributed by atoms with Gasteiger partial charge in [0.25, 0.3) is 0 Å². The summed E-state index contributed by atoms with van der Waals surface area (Å²) in [6.07, 6.45) is 2.60. The second kappa shape index (κ2) is 3.61. The van der Waals surface area contributed by atoms with Crippen molar-refractivity contribution >= 4 is 5.91 Å². The molecule has 0 unspecified atom stereocenters. The Labute approximate surface area is 82.2 Å². The zero-order valence-corrected chi connectivity index (χ0v) is 8.40. The lowest BCUT2D eigenvalue weighted by atomic mass is 10.0. The minimum Gasteiger partial charge on any atom is -0.505 e. The lowest BCUT2D eigenvalue weighted by molar-refractivity contribution is -0.120. The maximum Gasteiger partial charge on any atom is 0.217 e. The second-order valence-electron chi connectivity index (χ2n) is 3.57. The van der Waals surface area contributed by atoms with E-state index in [1.165, 1.54) is 19.3 Å². The molecule has 1 aromatic rings. The highest BCUT2D eigenvalue weighted by Gasteiger charge is 2.24. The lowest BCUT2D eigenvalue weighted by Crippen LogP contribution is -2.41. The van der Waals surface area contributed by atoms with Gasteiger partial charge in [-0.15, -0.1) is 0 Å². The van der Waals surface area contributed by atoms with Gasteiger partial charge in [0, 0.05) is 6.92 Å².